The average Bonchev–Trinajstić information content (AvgIpc) is 2.73. The van der Waals surface area contributed by atoms with Crippen molar-refractivity contribution in [2.45, 2.75) is 25.9 Å². The molecule has 0 bridgehead atoms. The van der Waals surface area contributed by atoms with Crippen LogP contribution in [-0.4, -0.2) is 37.2 Å². The van der Waals surface area contributed by atoms with Crippen molar-refractivity contribution in [3.63, 3.8) is 0 Å². The third kappa shape index (κ3) is 2.29. The molecule has 3 nitrogen and oxygen atoms in total. The summed E-state index contributed by atoms with van der Waals surface area (Å²) in [5, 5.41) is 3.34. The Kier molecular flexibility index (Phi) is 3.59. The van der Waals surface area contributed by atoms with Crippen molar-refractivity contribution in [3.8, 4) is 5.75 Å². The van der Waals surface area contributed by atoms with E-state index in [1.165, 1.54) is 15.6 Å². The van der Waals surface area contributed by atoms with Crippen molar-refractivity contribution in [2.75, 3.05) is 26.2 Å². The van der Waals surface area contributed by atoms with E-state index in [0.29, 0.717) is 6.04 Å². The zero-order valence-corrected chi connectivity index (χ0v) is 12.3. The Bertz CT molecular complexity index is 446. The van der Waals surface area contributed by atoms with Gasteiger partial charge >= 0.3 is 0 Å². The van der Waals surface area contributed by atoms with Crippen LogP contribution in [0, 0.1) is 0 Å². The summed E-state index contributed by atoms with van der Waals surface area (Å²) in [7, 11) is 0. The molecular formula is C14H19BrN2O. The van der Waals surface area contributed by atoms with E-state index in [2.05, 4.69) is 45.2 Å². The molecule has 1 N–H and O–H groups in total. The first kappa shape index (κ1) is 12.5. The highest BCUT2D eigenvalue weighted by Crippen LogP contribution is 2.34. The van der Waals surface area contributed by atoms with Gasteiger partial charge < -0.3 is 10.1 Å². The molecular weight excluding hydrogens is 292 g/mol. The summed E-state index contributed by atoms with van der Waals surface area (Å²) in [5.74, 6) is 1.13. The quantitative estimate of drug-likeness (QED) is 0.922. The van der Waals surface area contributed by atoms with E-state index in [1.807, 2.05) is 0 Å². The number of ether oxygens (including phenoxy) is 1. The van der Waals surface area contributed by atoms with Gasteiger partial charge in [-0.1, -0.05) is 22.9 Å². The van der Waals surface area contributed by atoms with Crippen LogP contribution in [0.4, 0.5) is 0 Å². The fraction of sp³-hybridized carbons (Fsp3) is 0.571. The second-order valence-corrected chi connectivity index (χ2v) is 5.94. The highest BCUT2D eigenvalue weighted by Gasteiger charge is 2.25. The van der Waals surface area contributed by atoms with Crippen molar-refractivity contribution in [1.29, 1.82) is 0 Å². The molecule has 2 aliphatic rings. The van der Waals surface area contributed by atoms with Gasteiger partial charge in [-0.05, 0) is 24.2 Å². The number of hydrogen-bond donors (Lipinski definition) is 1. The zero-order valence-electron chi connectivity index (χ0n) is 10.7. The molecule has 0 saturated carbocycles. The molecule has 0 aliphatic carbocycles. The number of halogens is 1. The van der Waals surface area contributed by atoms with Gasteiger partial charge in [0.05, 0.1) is 6.61 Å². The van der Waals surface area contributed by atoms with Crippen LogP contribution < -0.4 is 10.1 Å². The van der Waals surface area contributed by atoms with E-state index in [4.69, 9.17) is 4.74 Å². The summed E-state index contributed by atoms with van der Waals surface area (Å²) in [5.41, 5.74) is 2.67. The standard InChI is InChI=1S/C14H19BrN2O/c1-2-17(13-7-16-8-13)9-11-6-12(15)5-10-3-4-18-14(10)11/h5-6,13,16H,2-4,7-9H2,1H3. The Morgan fingerprint density at radius 2 is 2.28 bits per heavy atom. The molecule has 3 rings (SSSR count). The maximum atomic E-state index is 5.80. The third-order valence-corrected chi connectivity index (χ3v) is 4.34. The van der Waals surface area contributed by atoms with Crippen LogP contribution in [0.25, 0.3) is 0 Å². The Hall–Kier alpha value is -0.580. The van der Waals surface area contributed by atoms with Gasteiger partial charge in [0.2, 0.25) is 0 Å². The van der Waals surface area contributed by atoms with Crippen molar-refractivity contribution in [1.82, 2.24) is 10.2 Å². The second-order valence-electron chi connectivity index (χ2n) is 5.03. The van der Waals surface area contributed by atoms with Gasteiger partial charge in [-0.25, -0.2) is 0 Å². The lowest BCUT2D eigenvalue weighted by atomic mass is 10.1. The Morgan fingerprint density at radius 1 is 1.44 bits per heavy atom. The summed E-state index contributed by atoms with van der Waals surface area (Å²) in [6, 6.07) is 5.08. The first-order valence-electron chi connectivity index (χ1n) is 6.66. The van der Waals surface area contributed by atoms with E-state index in [0.717, 1.165) is 45.0 Å². The van der Waals surface area contributed by atoms with E-state index in [9.17, 15) is 0 Å². The number of benzene rings is 1. The summed E-state index contributed by atoms with van der Waals surface area (Å²) in [6.07, 6.45) is 1.04. The SMILES string of the molecule is CCN(Cc1cc(Br)cc2c1OCC2)C1CNC1. The molecule has 1 aromatic carbocycles. The number of nitrogens with zero attached hydrogens (tertiary/aromatic N) is 1. The van der Waals surface area contributed by atoms with Crippen LogP contribution in [0.15, 0.2) is 16.6 Å². The van der Waals surface area contributed by atoms with Crippen LogP contribution in [0.2, 0.25) is 0 Å². The summed E-state index contributed by atoms with van der Waals surface area (Å²) >= 11 is 3.61. The van der Waals surface area contributed by atoms with Gasteiger partial charge in [0.25, 0.3) is 0 Å². The number of rotatable bonds is 4. The molecule has 0 amide bonds. The first-order chi connectivity index (χ1) is 8.78. The second kappa shape index (κ2) is 5.19. The van der Waals surface area contributed by atoms with Crippen molar-refractivity contribution in [3.05, 3.63) is 27.7 Å². The molecule has 0 atom stereocenters. The minimum Gasteiger partial charge on any atom is -0.493 e. The van der Waals surface area contributed by atoms with E-state index >= 15 is 0 Å². The lowest BCUT2D eigenvalue weighted by molar-refractivity contribution is 0.144. The molecule has 2 heterocycles. The van der Waals surface area contributed by atoms with Crippen molar-refractivity contribution < 1.29 is 4.74 Å². The molecule has 4 heteroatoms. The molecule has 1 aromatic rings. The predicted octanol–water partition coefficient (Wildman–Crippen LogP) is 2.18. The van der Waals surface area contributed by atoms with Gasteiger partial charge in [0.1, 0.15) is 5.75 Å². The summed E-state index contributed by atoms with van der Waals surface area (Å²) < 4.78 is 6.97. The van der Waals surface area contributed by atoms with E-state index < -0.39 is 0 Å². The highest BCUT2D eigenvalue weighted by molar-refractivity contribution is 9.10. The lowest BCUT2D eigenvalue weighted by Gasteiger charge is -2.37. The molecule has 2 aliphatic heterocycles. The van der Waals surface area contributed by atoms with Crippen LogP contribution in [0.1, 0.15) is 18.1 Å². The molecule has 0 radical (unpaired) electrons. The molecule has 1 saturated heterocycles. The Balaban J connectivity index is 1.83. The van der Waals surface area contributed by atoms with Gasteiger partial charge in [-0.3, -0.25) is 4.90 Å². The monoisotopic (exact) mass is 310 g/mol. The van der Waals surface area contributed by atoms with Crippen LogP contribution in [-0.2, 0) is 13.0 Å². The maximum Gasteiger partial charge on any atom is 0.127 e. The summed E-state index contributed by atoms with van der Waals surface area (Å²) in [6.45, 7) is 7.38. The topological polar surface area (TPSA) is 24.5 Å². The van der Waals surface area contributed by atoms with Gasteiger partial charge in [-0.2, -0.15) is 0 Å². The number of hydrogen-bond acceptors (Lipinski definition) is 3. The van der Waals surface area contributed by atoms with E-state index in [-0.39, 0.29) is 0 Å². The van der Waals surface area contributed by atoms with Gasteiger partial charge in [-0.15, -0.1) is 0 Å². The average molecular weight is 311 g/mol. The van der Waals surface area contributed by atoms with Crippen LogP contribution >= 0.6 is 15.9 Å². The number of likely N-dealkylation sites (N-methyl/N-ethyl adjacent to an activating group) is 1. The fourth-order valence-electron chi connectivity index (χ4n) is 2.71. The van der Waals surface area contributed by atoms with Gasteiger partial charge in [0, 0.05) is 42.1 Å². The zero-order chi connectivity index (χ0) is 12.5. The third-order valence-electron chi connectivity index (χ3n) is 3.88. The minimum absolute atomic E-state index is 0.686. The van der Waals surface area contributed by atoms with Crippen molar-refractivity contribution >= 4 is 15.9 Å². The van der Waals surface area contributed by atoms with Crippen LogP contribution in [0.5, 0.6) is 5.75 Å². The fourth-order valence-corrected chi connectivity index (χ4v) is 3.27. The van der Waals surface area contributed by atoms with Crippen molar-refractivity contribution in [2.24, 2.45) is 0 Å². The lowest BCUT2D eigenvalue weighted by Crippen LogP contribution is -2.56. The summed E-state index contributed by atoms with van der Waals surface area (Å²) in [4.78, 5) is 2.53. The molecule has 0 spiro atoms. The van der Waals surface area contributed by atoms with Gasteiger partial charge in [0.15, 0.2) is 0 Å². The smallest absolute Gasteiger partial charge is 0.127 e. The normalized spacial score (nSPS) is 18.6. The predicted molar refractivity (Wildman–Crippen MR) is 76.1 cm³/mol. The maximum absolute atomic E-state index is 5.80. The minimum atomic E-state index is 0.686. The largest absolute Gasteiger partial charge is 0.493 e. The molecule has 18 heavy (non-hydrogen) atoms. The van der Waals surface area contributed by atoms with Crippen LogP contribution in [0.3, 0.4) is 0 Å². The first-order valence-corrected chi connectivity index (χ1v) is 7.46. The Morgan fingerprint density at radius 3 is 2.94 bits per heavy atom. The Labute approximate surface area is 117 Å². The van der Waals surface area contributed by atoms with E-state index in [1.54, 1.807) is 0 Å². The molecule has 0 aromatic heterocycles. The highest BCUT2D eigenvalue weighted by atomic mass is 79.9. The molecule has 98 valence electrons. The molecule has 0 unspecified atom stereocenters. The number of fused-ring (bicyclic) bond motifs is 1. The molecule has 1 fully saturated rings. The number of nitrogens with one attached hydrogen (secondary N) is 1.